The van der Waals surface area contributed by atoms with Crippen LogP contribution in [0.3, 0.4) is 0 Å². The summed E-state index contributed by atoms with van der Waals surface area (Å²) >= 11 is 0. The molecule has 0 spiro atoms. The van der Waals surface area contributed by atoms with Gasteiger partial charge in [0.05, 0.1) is 40.9 Å². The number of nitriles is 1. The lowest BCUT2D eigenvalue weighted by Crippen LogP contribution is -2.40. The number of urea groups is 1. The van der Waals surface area contributed by atoms with Crippen LogP contribution < -0.4 is 15.3 Å². The minimum Gasteiger partial charge on any atom is -0.289 e. The first-order valence-electron chi connectivity index (χ1n) is 13.7. The number of nitrogens with one attached hydrogen (secondary N) is 1. The van der Waals surface area contributed by atoms with Crippen molar-refractivity contribution in [1.82, 2.24) is 5.48 Å². The van der Waals surface area contributed by atoms with E-state index in [0.29, 0.717) is 19.3 Å². The number of carbonyl (C=O) groups is 2. The Balaban J connectivity index is 1.56. The minimum atomic E-state index is -4.77. The topological polar surface area (TPSA) is 85.7 Å². The molecule has 2 aromatic rings. The monoisotopic (exact) mass is 574 g/mol. The molecule has 1 N–H and O–H groups in total. The molecule has 2 aromatic carbocycles. The molecule has 0 bridgehead atoms. The summed E-state index contributed by atoms with van der Waals surface area (Å²) in [6.07, 6.45) is -0.764. The predicted molar refractivity (Wildman–Crippen MR) is 146 cm³/mol. The molecule has 2 fully saturated rings. The van der Waals surface area contributed by atoms with Crippen LogP contribution in [0.5, 0.6) is 0 Å². The van der Waals surface area contributed by atoms with Crippen LogP contribution in [0.15, 0.2) is 36.4 Å². The minimum absolute atomic E-state index is 0.0231. The summed E-state index contributed by atoms with van der Waals surface area (Å²) in [4.78, 5) is 34.4. The van der Waals surface area contributed by atoms with E-state index in [0.717, 1.165) is 37.5 Å². The van der Waals surface area contributed by atoms with Gasteiger partial charge in [-0.15, -0.1) is 0 Å². The smallest absolute Gasteiger partial charge is 0.289 e. The molecule has 0 aromatic heterocycles. The lowest BCUT2D eigenvalue weighted by molar-refractivity contribution is -0.137. The molecular formula is C30H34F4N4O3. The molecular weight excluding hydrogens is 540 g/mol. The van der Waals surface area contributed by atoms with Gasteiger partial charge in [0.2, 0.25) is 0 Å². The number of halogens is 4. The summed E-state index contributed by atoms with van der Waals surface area (Å²) in [6.45, 7) is 8.10. The van der Waals surface area contributed by atoms with Gasteiger partial charge in [-0.25, -0.2) is 14.7 Å². The fraction of sp³-hybridized carbons (Fsp3) is 0.500. The second-order valence-corrected chi connectivity index (χ2v) is 11.9. The van der Waals surface area contributed by atoms with Crippen LogP contribution in [0.1, 0.15) is 87.7 Å². The van der Waals surface area contributed by atoms with Crippen LogP contribution in [-0.2, 0) is 11.0 Å². The van der Waals surface area contributed by atoms with Crippen molar-refractivity contribution in [2.24, 2.45) is 5.41 Å². The Morgan fingerprint density at radius 3 is 2.20 bits per heavy atom. The zero-order valence-electron chi connectivity index (χ0n) is 23.5. The quantitative estimate of drug-likeness (QED) is 0.277. The van der Waals surface area contributed by atoms with Crippen molar-refractivity contribution in [1.29, 1.82) is 5.26 Å². The Morgan fingerprint density at radius 2 is 1.66 bits per heavy atom. The third-order valence-electron chi connectivity index (χ3n) is 7.61. The molecule has 1 saturated heterocycles. The number of rotatable bonds is 7. The van der Waals surface area contributed by atoms with Gasteiger partial charge in [0.15, 0.2) is 0 Å². The van der Waals surface area contributed by atoms with Crippen molar-refractivity contribution in [3.63, 3.8) is 0 Å². The first-order valence-corrected chi connectivity index (χ1v) is 13.7. The number of benzene rings is 2. The maximum atomic E-state index is 15.2. The zero-order chi connectivity index (χ0) is 30.1. The summed E-state index contributed by atoms with van der Waals surface area (Å²) in [5, 5.41) is 9.16. The highest BCUT2D eigenvalue weighted by Gasteiger charge is 2.48. The molecule has 3 amide bonds. The van der Waals surface area contributed by atoms with Crippen molar-refractivity contribution >= 4 is 23.3 Å². The number of hydroxylamine groups is 1. The molecule has 7 nitrogen and oxygen atoms in total. The summed E-state index contributed by atoms with van der Waals surface area (Å²) in [7, 11) is 0. The Kier molecular flexibility index (Phi) is 8.64. The molecule has 1 heterocycles. The van der Waals surface area contributed by atoms with Crippen LogP contribution >= 0.6 is 0 Å². The second kappa shape index (κ2) is 11.7. The Hall–Kier alpha value is -3.65. The largest absolute Gasteiger partial charge is 0.417 e. The Labute approximate surface area is 237 Å². The van der Waals surface area contributed by atoms with Crippen molar-refractivity contribution in [2.45, 2.75) is 90.6 Å². The van der Waals surface area contributed by atoms with Crippen LogP contribution in [0, 0.1) is 22.6 Å². The average Bonchev–Trinajstić information content (AvgIpc) is 3.20. The Bertz CT molecular complexity index is 1350. The SMILES string of the molecule is CC(CCC(C)(C)C)ONC(=O)c1ccc(N2C(=O)N(c3ccc(C#N)c(C(F)(F)F)c3)[C@H]3CCCC[C@@H]32)cc1F. The van der Waals surface area contributed by atoms with Crippen molar-refractivity contribution in [2.75, 3.05) is 9.80 Å². The summed E-state index contributed by atoms with van der Waals surface area (Å²) in [5.41, 5.74) is 0.704. The number of alkyl halides is 3. The number of hydrogen-bond donors (Lipinski definition) is 1. The van der Waals surface area contributed by atoms with Gasteiger partial charge < -0.3 is 0 Å². The Morgan fingerprint density at radius 1 is 1.07 bits per heavy atom. The van der Waals surface area contributed by atoms with E-state index in [1.165, 1.54) is 28.0 Å². The van der Waals surface area contributed by atoms with Gasteiger partial charge >= 0.3 is 12.2 Å². The van der Waals surface area contributed by atoms with E-state index in [2.05, 4.69) is 26.3 Å². The van der Waals surface area contributed by atoms with Gasteiger partial charge in [-0.3, -0.25) is 19.4 Å². The molecule has 11 heteroatoms. The number of anilines is 2. The zero-order valence-corrected chi connectivity index (χ0v) is 23.5. The van der Waals surface area contributed by atoms with Crippen LogP contribution in [0.25, 0.3) is 0 Å². The number of fused-ring (bicyclic) bond motifs is 1. The first-order chi connectivity index (χ1) is 19.2. The van der Waals surface area contributed by atoms with E-state index in [-0.39, 0.29) is 28.5 Å². The van der Waals surface area contributed by atoms with Crippen molar-refractivity contribution in [3.8, 4) is 6.07 Å². The standard InChI is InChI=1S/C30H34F4N4O3/c1-18(13-14-29(2,3)4)41-36-27(39)22-12-11-21(16-24(22)31)38-26-8-6-5-7-25(26)37(28(38)40)20-10-9-19(17-35)23(15-20)30(32,33)34/h9-12,15-16,18,25-26H,5-8,13-14H2,1-4H3,(H,36,39)/t18?,25-,26-/m0/s1. The van der Waals surface area contributed by atoms with E-state index in [9.17, 15) is 22.8 Å². The van der Waals surface area contributed by atoms with Gasteiger partial charge in [-0.1, -0.05) is 33.6 Å². The first kappa shape index (κ1) is 30.3. The molecule has 1 aliphatic heterocycles. The maximum absolute atomic E-state index is 15.2. The van der Waals surface area contributed by atoms with E-state index >= 15 is 4.39 Å². The number of hydrogen-bond acceptors (Lipinski definition) is 4. The highest BCUT2D eigenvalue weighted by Crippen LogP contribution is 2.42. The second-order valence-electron chi connectivity index (χ2n) is 11.9. The number of nitrogens with zero attached hydrogens (tertiary/aromatic N) is 3. The predicted octanol–water partition coefficient (Wildman–Crippen LogP) is 7.35. The van der Waals surface area contributed by atoms with Crippen molar-refractivity contribution in [3.05, 3.63) is 58.9 Å². The third kappa shape index (κ3) is 6.64. The lowest BCUT2D eigenvalue weighted by Gasteiger charge is -2.32. The van der Waals surface area contributed by atoms with Crippen molar-refractivity contribution < 1.29 is 32.0 Å². The maximum Gasteiger partial charge on any atom is 0.417 e. The van der Waals surface area contributed by atoms with E-state index in [1.807, 2.05) is 6.92 Å². The fourth-order valence-corrected chi connectivity index (χ4v) is 5.45. The third-order valence-corrected chi connectivity index (χ3v) is 7.61. The van der Waals surface area contributed by atoms with E-state index < -0.39 is 47.1 Å². The molecule has 0 radical (unpaired) electrons. The molecule has 1 aliphatic carbocycles. The molecule has 1 unspecified atom stereocenters. The number of carbonyl (C=O) groups excluding carboxylic acids is 2. The molecule has 41 heavy (non-hydrogen) atoms. The van der Waals surface area contributed by atoms with Crippen LogP contribution in [0.4, 0.5) is 33.7 Å². The molecule has 1 saturated carbocycles. The normalized spacial score (nSPS) is 20.0. The van der Waals surface area contributed by atoms with Gasteiger partial charge in [-0.2, -0.15) is 18.4 Å². The highest BCUT2D eigenvalue weighted by atomic mass is 19.4. The van der Waals surface area contributed by atoms with Gasteiger partial charge in [0.1, 0.15) is 5.82 Å². The van der Waals surface area contributed by atoms with E-state index in [1.54, 1.807) is 6.07 Å². The number of amides is 3. The lowest BCUT2D eigenvalue weighted by atomic mass is 9.89. The molecule has 220 valence electrons. The van der Waals surface area contributed by atoms with Gasteiger partial charge in [0.25, 0.3) is 5.91 Å². The average molecular weight is 575 g/mol. The molecule has 4 rings (SSSR count). The molecule has 2 aliphatic rings. The summed E-state index contributed by atoms with van der Waals surface area (Å²) < 4.78 is 56.2. The van der Waals surface area contributed by atoms with Gasteiger partial charge in [0, 0.05) is 11.4 Å². The molecule has 3 atom stereocenters. The highest BCUT2D eigenvalue weighted by molar-refractivity contribution is 6.08. The summed E-state index contributed by atoms with van der Waals surface area (Å²) in [5.74, 6) is -1.62. The fourth-order valence-electron chi connectivity index (χ4n) is 5.45. The van der Waals surface area contributed by atoms with Crippen LogP contribution in [0.2, 0.25) is 0 Å². The van der Waals surface area contributed by atoms with E-state index in [4.69, 9.17) is 10.1 Å². The van der Waals surface area contributed by atoms with Gasteiger partial charge in [-0.05, 0) is 74.4 Å². The summed E-state index contributed by atoms with van der Waals surface area (Å²) in [6, 6.07) is 7.15. The van der Waals surface area contributed by atoms with Crippen LogP contribution in [-0.4, -0.2) is 30.1 Å².